The van der Waals surface area contributed by atoms with Gasteiger partial charge in [0.15, 0.2) is 11.5 Å². The van der Waals surface area contributed by atoms with Gasteiger partial charge >= 0.3 is 6.09 Å². The molecule has 2 amide bonds. The number of nitrogens with one attached hydrogen (secondary N) is 1. The molecule has 2 aromatic rings. The summed E-state index contributed by atoms with van der Waals surface area (Å²) in [4.78, 5) is 27.0. The molecule has 3 rings (SSSR count). The highest BCUT2D eigenvalue weighted by Gasteiger charge is 2.22. The molecule has 0 atom stereocenters. The number of carbonyl (C=O) groups excluding carboxylic acids is 2. The predicted octanol–water partition coefficient (Wildman–Crippen LogP) is 4.90. The number of nitrogens with zero attached hydrogens (tertiary/aromatic N) is 3. The molecule has 1 N–H and O–H groups in total. The number of carbonyl (C=O) groups is 2. The zero-order valence-corrected chi connectivity index (χ0v) is 22.6. The zero-order valence-electron chi connectivity index (χ0n) is 22.6. The molecule has 2 aromatic carbocycles. The van der Waals surface area contributed by atoms with E-state index in [0.717, 1.165) is 16.8 Å². The number of rotatable bonds is 11. The monoisotopic (exact) mass is 510 g/mol. The molecule has 200 valence electrons. The van der Waals surface area contributed by atoms with Crippen molar-refractivity contribution in [2.24, 2.45) is 5.10 Å². The molecule has 0 unspecified atom stereocenters. The van der Waals surface area contributed by atoms with E-state index < -0.39 is 6.09 Å². The van der Waals surface area contributed by atoms with Gasteiger partial charge in [0.2, 0.25) is 5.91 Å². The first kappa shape index (κ1) is 28.0. The SMILES string of the molecule is COc1ccc(C2=NN(Cc3ccc(NC(=O)OCCN(C(C)C)C(C)C)cc3)C(=O)CC2)cc1OC. The predicted molar refractivity (Wildman–Crippen MR) is 144 cm³/mol. The van der Waals surface area contributed by atoms with E-state index in [1.54, 1.807) is 26.4 Å². The smallest absolute Gasteiger partial charge is 0.411 e. The van der Waals surface area contributed by atoms with Gasteiger partial charge in [0.05, 0.1) is 26.5 Å². The molecular formula is C28H38N4O5. The molecular weight excluding hydrogens is 472 g/mol. The van der Waals surface area contributed by atoms with Crippen molar-refractivity contribution >= 4 is 23.4 Å². The first-order valence-electron chi connectivity index (χ1n) is 12.6. The van der Waals surface area contributed by atoms with Gasteiger partial charge in [-0.15, -0.1) is 0 Å². The normalized spacial score (nSPS) is 13.7. The number of ether oxygens (including phenoxy) is 3. The van der Waals surface area contributed by atoms with Gasteiger partial charge in [-0.2, -0.15) is 5.10 Å². The van der Waals surface area contributed by atoms with Crippen molar-refractivity contribution in [1.29, 1.82) is 0 Å². The molecule has 9 nitrogen and oxygen atoms in total. The van der Waals surface area contributed by atoms with E-state index in [1.807, 2.05) is 30.3 Å². The molecule has 37 heavy (non-hydrogen) atoms. The highest BCUT2D eigenvalue weighted by molar-refractivity contribution is 6.04. The Kier molecular flexibility index (Phi) is 9.91. The van der Waals surface area contributed by atoms with E-state index in [2.05, 4.69) is 43.0 Å². The number of hydrogen-bond acceptors (Lipinski definition) is 7. The maximum atomic E-state index is 12.5. The second-order valence-electron chi connectivity index (χ2n) is 9.45. The Morgan fingerprint density at radius 3 is 2.30 bits per heavy atom. The minimum Gasteiger partial charge on any atom is -0.493 e. The van der Waals surface area contributed by atoms with Crippen molar-refractivity contribution in [3.05, 3.63) is 53.6 Å². The van der Waals surface area contributed by atoms with Crippen LogP contribution >= 0.6 is 0 Å². The second kappa shape index (κ2) is 13.1. The van der Waals surface area contributed by atoms with E-state index in [0.29, 0.717) is 61.8 Å². The first-order chi connectivity index (χ1) is 17.7. The topological polar surface area (TPSA) is 92.7 Å². The summed E-state index contributed by atoms with van der Waals surface area (Å²) in [6, 6.07) is 13.7. The third-order valence-electron chi connectivity index (χ3n) is 6.26. The number of anilines is 1. The third kappa shape index (κ3) is 7.69. The van der Waals surface area contributed by atoms with Crippen LogP contribution in [0.4, 0.5) is 10.5 Å². The minimum absolute atomic E-state index is 0.0353. The molecule has 0 saturated heterocycles. The maximum absolute atomic E-state index is 12.5. The quantitative estimate of drug-likeness (QED) is 0.462. The van der Waals surface area contributed by atoms with E-state index >= 15 is 0 Å². The summed E-state index contributed by atoms with van der Waals surface area (Å²) in [5, 5.41) is 8.85. The van der Waals surface area contributed by atoms with E-state index in [9.17, 15) is 9.59 Å². The van der Waals surface area contributed by atoms with Crippen LogP contribution in [-0.2, 0) is 16.1 Å². The van der Waals surface area contributed by atoms with Gasteiger partial charge in [-0.25, -0.2) is 9.80 Å². The average molecular weight is 511 g/mol. The second-order valence-corrected chi connectivity index (χ2v) is 9.45. The molecule has 1 aliphatic heterocycles. The number of hydrazone groups is 1. The summed E-state index contributed by atoms with van der Waals surface area (Å²) >= 11 is 0. The van der Waals surface area contributed by atoms with Crippen LogP contribution in [0.5, 0.6) is 11.5 Å². The van der Waals surface area contributed by atoms with E-state index in [-0.39, 0.29) is 5.91 Å². The van der Waals surface area contributed by atoms with Crippen LogP contribution in [0, 0.1) is 0 Å². The fourth-order valence-corrected chi connectivity index (χ4v) is 4.32. The van der Waals surface area contributed by atoms with Crippen molar-refractivity contribution in [3.63, 3.8) is 0 Å². The van der Waals surface area contributed by atoms with Crippen molar-refractivity contribution in [2.75, 3.05) is 32.7 Å². The Morgan fingerprint density at radius 1 is 1.00 bits per heavy atom. The highest BCUT2D eigenvalue weighted by Crippen LogP contribution is 2.29. The summed E-state index contributed by atoms with van der Waals surface area (Å²) < 4.78 is 16.1. The Morgan fingerprint density at radius 2 is 1.68 bits per heavy atom. The van der Waals surface area contributed by atoms with E-state index in [4.69, 9.17) is 14.2 Å². The van der Waals surface area contributed by atoms with Crippen LogP contribution in [0.15, 0.2) is 47.6 Å². The molecule has 0 aliphatic carbocycles. The molecule has 1 heterocycles. The fraction of sp³-hybridized carbons (Fsp3) is 0.464. The standard InChI is InChI=1S/C28H38N4O5/c1-19(2)31(20(3)4)15-16-37-28(34)29-23-10-7-21(8-11-23)18-32-27(33)14-12-24(30-32)22-9-13-25(35-5)26(17-22)36-6/h7-11,13,17,19-20H,12,14-16,18H2,1-6H3,(H,29,34). The summed E-state index contributed by atoms with van der Waals surface area (Å²) in [7, 11) is 3.18. The van der Waals surface area contributed by atoms with Crippen LogP contribution in [0.25, 0.3) is 0 Å². The van der Waals surface area contributed by atoms with Crippen LogP contribution < -0.4 is 14.8 Å². The molecule has 0 fully saturated rings. The molecule has 9 heteroatoms. The van der Waals surface area contributed by atoms with Gasteiger partial charge in [-0.05, 0) is 63.6 Å². The third-order valence-corrected chi connectivity index (χ3v) is 6.26. The lowest BCUT2D eigenvalue weighted by Crippen LogP contribution is -2.39. The fourth-order valence-electron chi connectivity index (χ4n) is 4.32. The molecule has 0 radical (unpaired) electrons. The van der Waals surface area contributed by atoms with Crippen LogP contribution in [0.1, 0.15) is 51.7 Å². The van der Waals surface area contributed by atoms with Gasteiger partial charge in [-0.3, -0.25) is 15.0 Å². The summed E-state index contributed by atoms with van der Waals surface area (Å²) in [5.74, 6) is 1.22. The van der Waals surface area contributed by atoms with Crippen molar-refractivity contribution in [2.45, 2.75) is 59.2 Å². The summed E-state index contributed by atoms with van der Waals surface area (Å²) in [6.07, 6.45) is 0.446. The number of hydrogen-bond donors (Lipinski definition) is 1. The molecule has 1 aliphatic rings. The van der Waals surface area contributed by atoms with Gasteiger partial charge < -0.3 is 14.2 Å². The summed E-state index contributed by atoms with van der Waals surface area (Å²) in [6.45, 7) is 9.83. The zero-order chi connectivity index (χ0) is 26.9. The molecule has 0 saturated carbocycles. The Hall–Kier alpha value is -3.59. The van der Waals surface area contributed by atoms with Gasteiger partial charge in [-0.1, -0.05) is 12.1 Å². The molecule has 0 bridgehead atoms. The van der Waals surface area contributed by atoms with Gasteiger partial charge in [0.1, 0.15) is 6.61 Å². The number of amides is 2. The number of methoxy groups -OCH3 is 2. The highest BCUT2D eigenvalue weighted by atomic mass is 16.5. The first-order valence-corrected chi connectivity index (χ1v) is 12.6. The minimum atomic E-state index is -0.490. The van der Waals surface area contributed by atoms with Crippen LogP contribution in [0.2, 0.25) is 0 Å². The average Bonchev–Trinajstić information content (AvgIpc) is 2.88. The number of benzene rings is 2. The van der Waals surface area contributed by atoms with Crippen LogP contribution in [-0.4, -0.2) is 67.1 Å². The lowest BCUT2D eigenvalue weighted by atomic mass is 10.0. The Labute approximate surface area is 219 Å². The molecule has 0 aromatic heterocycles. The van der Waals surface area contributed by atoms with Crippen molar-refractivity contribution < 1.29 is 23.8 Å². The van der Waals surface area contributed by atoms with Crippen molar-refractivity contribution in [1.82, 2.24) is 9.91 Å². The largest absolute Gasteiger partial charge is 0.493 e. The Balaban J connectivity index is 1.58. The summed E-state index contributed by atoms with van der Waals surface area (Å²) in [5.41, 5.74) is 3.22. The lowest BCUT2D eigenvalue weighted by molar-refractivity contribution is -0.132. The van der Waals surface area contributed by atoms with Crippen molar-refractivity contribution in [3.8, 4) is 11.5 Å². The lowest BCUT2D eigenvalue weighted by Gasteiger charge is -2.30. The molecule has 0 spiro atoms. The van der Waals surface area contributed by atoms with Gasteiger partial charge in [0.25, 0.3) is 0 Å². The van der Waals surface area contributed by atoms with Crippen LogP contribution in [0.3, 0.4) is 0 Å². The maximum Gasteiger partial charge on any atom is 0.411 e. The van der Waals surface area contributed by atoms with Gasteiger partial charge in [0, 0.05) is 42.7 Å². The Bertz CT molecular complexity index is 1090. The van der Waals surface area contributed by atoms with E-state index in [1.165, 1.54) is 5.01 Å².